The molecule has 0 radical (unpaired) electrons. The van der Waals surface area contributed by atoms with Gasteiger partial charge in [0.05, 0.1) is 12.1 Å². The molecular weight excluding hydrogens is 168 g/mol. The van der Waals surface area contributed by atoms with Crippen LogP contribution in [0.1, 0.15) is 0 Å². The monoisotopic (exact) mass is 176 g/mol. The second-order valence-corrected chi connectivity index (χ2v) is 4.35. The molecule has 1 saturated heterocycles. The average Bonchev–Trinajstić information content (AvgIpc) is 2.05. The van der Waals surface area contributed by atoms with Crippen molar-refractivity contribution >= 4 is 16.3 Å². The molecule has 3 unspecified atom stereocenters. The third-order valence-electron chi connectivity index (χ3n) is 2.10. The highest BCUT2D eigenvalue weighted by Gasteiger charge is 2.45. The van der Waals surface area contributed by atoms with E-state index in [9.17, 15) is 8.42 Å². The molecule has 0 aromatic carbocycles. The van der Waals surface area contributed by atoms with Gasteiger partial charge in [-0.2, -0.15) is 8.42 Å². The lowest BCUT2D eigenvalue weighted by atomic mass is 10.0. The van der Waals surface area contributed by atoms with Gasteiger partial charge in [-0.15, -0.1) is 0 Å². The highest BCUT2D eigenvalue weighted by molar-refractivity contribution is 7.87. The number of nitrogens with one attached hydrogen (secondary N) is 1. The first kappa shape index (κ1) is 7.20. The molecule has 1 fully saturated rings. The summed E-state index contributed by atoms with van der Waals surface area (Å²) >= 11 is 0. The van der Waals surface area contributed by atoms with Crippen LogP contribution in [0.4, 0.5) is 0 Å². The summed E-state index contributed by atoms with van der Waals surface area (Å²) in [7, 11) is -3.95. The zero-order chi connectivity index (χ0) is 8.06. The zero-order valence-electron chi connectivity index (χ0n) is 5.64. The Balaban J connectivity index is 2.25. The zero-order valence-corrected chi connectivity index (χ0v) is 6.45. The van der Waals surface area contributed by atoms with Gasteiger partial charge in [-0.1, -0.05) is 0 Å². The topological polar surface area (TPSA) is 78.8 Å². The van der Waals surface area contributed by atoms with E-state index in [1.54, 1.807) is 0 Å². The Hall–Kier alpha value is -0.460. The van der Waals surface area contributed by atoms with E-state index in [-0.39, 0.29) is 12.1 Å². The maximum absolute atomic E-state index is 10.6. The van der Waals surface area contributed by atoms with Gasteiger partial charge < -0.3 is 5.32 Å². The maximum Gasteiger partial charge on any atom is 0.274 e. The fraction of sp³-hybridized carbons (Fsp3) is 0.800. The van der Waals surface area contributed by atoms with Gasteiger partial charge in [-0.05, 0) is 0 Å². The summed E-state index contributed by atoms with van der Waals surface area (Å²) in [6.07, 6.45) is 1.31. The van der Waals surface area contributed by atoms with E-state index in [2.05, 4.69) is 10.3 Å². The van der Waals surface area contributed by atoms with Gasteiger partial charge in [0.15, 0.2) is 0 Å². The largest absolute Gasteiger partial charge is 0.308 e. The summed E-state index contributed by atoms with van der Waals surface area (Å²) in [6, 6.07) is -0.132. The van der Waals surface area contributed by atoms with Crippen molar-refractivity contribution in [2.45, 2.75) is 17.3 Å². The molecule has 11 heavy (non-hydrogen) atoms. The number of nitrogens with zero attached hydrogens (tertiary/aromatic N) is 1. The standard InChI is InChI=1S/C5H8N2O3S/c8-11(9,10)4-2-6-3-1-7-5(3)4/h2-5,7H,1H2,(H,8,9,10). The van der Waals surface area contributed by atoms with Crippen LogP contribution in [-0.2, 0) is 10.1 Å². The van der Waals surface area contributed by atoms with Crippen LogP contribution in [0, 0.1) is 0 Å². The van der Waals surface area contributed by atoms with E-state index < -0.39 is 15.4 Å². The van der Waals surface area contributed by atoms with Gasteiger partial charge >= 0.3 is 0 Å². The van der Waals surface area contributed by atoms with Crippen LogP contribution in [0.3, 0.4) is 0 Å². The van der Waals surface area contributed by atoms with Crippen molar-refractivity contribution in [3.8, 4) is 0 Å². The molecule has 2 aliphatic heterocycles. The van der Waals surface area contributed by atoms with Gasteiger partial charge in [0.2, 0.25) is 0 Å². The summed E-state index contributed by atoms with van der Waals surface area (Å²) in [6.45, 7) is 0.715. The second kappa shape index (κ2) is 2.02. The predicted octanol–water partition coefficient (Wildman–Crippen LogP) is -1.33. The maximum atomic E-state index is 10.6. The first-order chi connectivity index (χ1) is 5.09. The van der Waals surface area contributed by atoms with Crippen molar-refractivity contribution in [2.75, 3.05) is 6.54 Å². The van der Waals surface area contributed by atoms with Crippen LogP contribution in [-0.4, -0.2) is 43.1 Å². The minimum absolute atomic E-state index is 0.0573. The fourth-order valence-electron chi connectivity index (χ4n) is 1.39. The molecule has 62 valence electrons. The van der Waals surface area contributed by atoms with E-state index in [0.29, 0.717) is 6.54 Å². The SMILES string of the molecule is O=S(=O)(O)C1C=NC2CNC21. The van der Waals surface area contributed by atoms with E-state index in [4.69, 9.17) is 4.55 Å². The molecule has 5 nitrogen and oxygen atoms in total. The number of rotatable bonds is 1. The van der Waals surface area contributed by atoms with Crippen molar-refractivity contribution in [3.63, 3.8) is 0 Å². The Labute approximate surface area is 64.3 Å². The number of hydrogen-bond acceptors (Lipinski definition) is 4. The summed E-state index contributed by atoms with van der Waals surface area (Å²) in [5.41, 5.74) is 0. The summed E-state index contributed by atoms with van der Waals surface area (Å²) in [4.78, 5) is 3.93. The van der Waals surface area contributed by atoms with Crippen molar-refractivity contribution in [1.29, 1.82) is 0 Å². The van der Waals surface area contributed by atoms with Crippen molar-refractivity contribution < 1.29 is 13.0 Å². The first-order valence-corrected chi connectivity index (χ1v) is 4.82. The van der Waals surface area contributed by atoms with Crippen LogP contribution >= 0.6 is 0 Å². The molecule has 0 aromatic heterocycles. The highest BCUT2D eigenvalue weighted by atomic mass is 32.2. The molecule has 0 aliphatic carbocycles. The smallest absolute Gasteiger partial charge is 0.274 e. The Morgan fingerprint density at radius 2 is 2.36 bits per heavy atom. The Morgan fingerprint density at radius 3 is 2.64 bits per heavy atom. The molecule has 2 N–H and O–H groups in total. The lowest BCUT2D eigenvalue weighted by molar-refractivity contribution is 0.334. The van der Waals surface area contributed by atoms with Crippen molar-refractivity contribution in [3.05, 3.63) is 0 Å². The van der Waals surface area contributed by atoms with Gasteiger partial charge in [0.25, 0.3) is 10.1 Å². The third kappa shape index (κ3) is 0.979. The number of hydrogen-bond donors (Lipinski definition) is 2. The molecule has 0 amide bonds. The molecule has 2 rings (SSSR count). The molecule has 3 atom stereocenters. The molecule has 2 heterocycles. The molecular formula is C5H8N2O3S. The third-order valence-corrected chi connectivity index (χ3v) is 3.20. The van der Waals surface area contributed by atoms with Crippen LogP contribution in [0.5, 0.6) is 0 Å². The van der Waals surface area contributed by atoms with Gasteiger partial charge in [-0.25, -0.2) is 0 Å². The Morgan fingerprint density at radius 1 is 1.64 bits per heavy atom. The van der Waals surface area contributed by atoms with E-state index >= 15 is 0 Å². The second-order valence-electron chi connectivity index (χ2n) is 2.78. The van der Waals surface area contributed by atoms with E-state index in [0.717, 1.165) is 0 Å². The van der Waals surface area contributed by atoms with Crippen LogP contribution in [0.15, 0.2) is 4.99 Å². The predicted molar refractivity (Wildman–Crippen MR) is 39.4 cm³/mol. The Kier molecular flexibility index (Phi) is 1.33. The molecule has 0 spiro atoms. The van der Waals surface area contributed by atoms with Gasteiger partial charge in [0, 0.05) is 12.8 Å². The van der Waals surface area contributed by atoms with Crippen LogP contribution in [0.25, 0.3) is 0 Å². The minimum atomic E-state index is -3.95. The molecule has 0 saturated carbocycles. The van der Waals surface area contributed by atoms with E-state index in [1.165, 1.54) is 6.21 Å². The molecule has 6 heteroatoms. The summed E-state index contributed by atoms with van der Waals surface area (Å²) in [5, 5.41) is 2.07. The average molecular weight is 176 g/mol. The van der Waals surface area contributed by atoms with Gasteiger partial charge in [0.1, 0.15) is 5.25 Å². The lowest BCUT2D eigenvalue weighted by Gasteiger charge is -2.32. The van der Waals surface area contributed by atoms with Crippen LogP contribution < -0.4 is 5.32 Å². The quantitative estimate of drug-likeness (QED) is 0.485. The van der Waals surface area contributed by atoms with Crippen LogP contribution in [0.2, 0.25) is 0 Å². The Bertz CT molecular complexity index is 297. The molecule has 0 aromatic rings. The summed E-state index contributed by atoms with van der Waals surface area (Å²) in [5.74, 6) is 0. The van der Waals surface area contributed by atoms with Crippen molar-refractivity contribution in [1.82, 2.24) is 5.32 Å². The van der Waals surface area contributed by atoms with E-state index in [1.807, 2.05) is 0 Å². The van der Waals surface area contributed by atoms with Gasteiger partial charge in [-0.3, -0.25) is 9.55 Å². The highest BCUT2D eigenvalue weighted by Crippen LogP contribution is 2.21. The molecule has 2 aliphatic rings. The molecule has 0 bridgehead atoms. The summed E-state index contributed by atoms with van der Waals surface area (Å²) < 4.78 is 30.0. The number of fused-ring (bicyclic) bond motifs is 1. The first-order valence-electron chi connectivity index (χ1n) is 3.32. The normalized spacial score (nSPS) is 41.7. The van der Waals surface area contributed by atoms with Crippen molar-refractivity contribution in [2.24, 2.45) is 4.99 Å². The fourth-order valence-corrected chi connectivity index (χ4v) is 2.26. The number of aliphatic imine (C=N–C) groups is 1. The lowest BCUT2D eigenvalue weighted by Crippen LogP contribution is -2.60. The minimum Gasteiger partial charge on any atom is -0.308 e.